The van der Waals surface area contributed by atoms with Crippen LogP contribution in [-0.2, 0) is 6.42 Å². The van der Waals surface area contributed by atoms with Crippen molar-refractivity contribution in [2.45, 2.75) is 26.3 Å². The monoisotopic (exact) mass is 223 g/mol. The standard InChI is InChI=1S/C11H17N3S/c1-8(2)10(12-3)6-9-7-14-4-5-15-11(14)13-9/h4-5,7-8,10,12H,6H2,1-3H3. The van der Waals surface area contributed by atoms with E-state index in [9.17, 15) is 0 Å². The number of likely N-dealkylation sites (N-methyl/N-ethyl adjacent to an activating group) is 1. The third-order valence-corrected chi connectivity index (χ3v) is 3.52. The maximum atomic E-state index is 4.58. The van der Waals surface area contributed by atoms with Gasteiger partial charge in [-0.25, -0.2) is 4.98 Å². The molecule has 0 aliphatic heterocycles. The van der Waals surface area contributed by atoms with Gasteiger partial charge in [0.15, 0.2) is 4.96 Å². The van der Waals surface area contributed by atoms with E-state index in [-0.39, 0.29) is 0 Å². The summed E-state index contributed by atoms with van der Waals surface area (Å²) in [4.78, 5) is 5.67. The van der Waals surface area contributed by atoms with Crippen molar-refractivity contribution < 1.29 is 0 Å². The number of rotatable bonds is 4. The van der Waals surface area contributed by atoms with Gasteiger partial charge in [0.25, 0.3) is 0 Å². The molecule has 0 saturated heterocycles. The minimum atomic E-state index is 0.509. The minimum absolute atomic E-state index is 0.509. The second kappa shape index (κ2) is 4.33. The Hall–Kier alpha value is -0.870. The molecular formula is C11H17N3S. The van der Waals surface area contributed by atoms with Gasteiger partial charge in [-0.2, -0.15) is 0 Å². The van der Waals surface area contributed by atoms with Gasteiger partial charge in [-0.3, -0.25) is 4.40 Å². The lowest BCUT2D eigenvalue weighted by Gasteiger charge is -2.18. The average Bonchev–Trinajstić information content (AvgIpc) is 2.72. The molecule has 4 heteroatoms. The van der Waals surface area contributed by atoms with E-state index >= 15 is 0 Å². The Morgan fingerprint density at radius 1 is 1.53 bits per heavy atom. The fourth-order valence-electron chi connectivity index (χ4n) is 1.77. The molecule has 0 aliphatic carbocycles. The zero-order chi connectivity index (χ0) is 10.8. The molecule has 0 bridgehead atoms. The van der Waals surface area contributed by atoms with Gasteiger partial charge in [0, 0.05) is 30.2 Å². The average molecular weight is 223 g/mol. The van der Waals surface area contributed by atoms with E-state index in [0.29, 0.717) is 12.0 Å². The van der Waals surface area contributed by atoms with Crippen LogP contribution in [0.4, 0.5) is 0 Å². The maximum absolute atomic E-state index is 4.58. The fourth-order valence-corrected chi connectivity index (χ4v) is 2.49. The Morgan fingerprint density at radius 2 is 2.33 bits per heavy atom. The quantitative estimate of drug-likeness (QED) is 0.861. The molecule has 15 heavy (non-hydrogen) atoms. The van der Waals surface area contributed by atoms with Crippen molar-refractivity contribution in [3.05, 3.63) is 23.5 Å². The highest BCUT2D eigenvalue weighted by Crippen LogP contribution is 2.14. The summed E-state index contributed by atoms with van der Waals surface area (Å²) in [5.74, 6) is 0.634. The minimum Gasteiger partial charge on any atom is -0.316 e. The molecule has 1 atom stereocenters. The van der Waals surface area contributed by atoms with Crippen molar-refractivity contribution in [3.63, 3.8) is 0 Å². The van der Waals surface area contributed by atoms with Crippen LogP contribution in [-0.4, -0.2) is 22.5 Å². The summed E-state index contributed by atoms with van der Waals surface area (Å²) in [5, 5.41) is 5.40. The van der Waals surface area contributed by atoms with E-state index in [2.05, 4.69) is 46.3 Å². The predicted octanol–water partition coefficient (Wildman–Crippen LogP) is 2.18. The van der Waals surface area contributed by atoms with Gasteiger partial charge in [-0.05, 0) is 13.0 Å². The van der Waals surface area contributed by atoms with Crippen LogP contribution in [0.5, 0.6) is 0 Å². The van der Waals surface area contributed by atoms with Crippen LogP contribution in [0.3, 0.4) is 0 Å². The molecule has 2 rings (SSSR count). The number of aromatic nitrogens is 2. The summed E-state index contributed by atoms with van der Waals surface area (Å²) >= 11 is 1.68. The van der Waals surface area contributed by atoms with Crippen molar-refractivity contribution in [2.75, 3.05) is 7.05 Å². The number of nitrogens with zero attached hydrogens (tertiary/aromatic N) is 2. The summed E-state index contributed by atoms with van der Waals surface area (Å²) in [6.07, 6.45) is 5.18. The Bertz CT molecular complexity index is 401. The van der Waals surface area contributed by atoms with E-state index in [1.165, 1.54) is 5.69 Å². The molecule has 0 saturated carbocycles. The lowest BCUT2D eigenvalue weighted by Crippen LogP contribution is -2.32. The lowest BCUT2D eigenvalue weighted by atomic mass is 10.00. The zero-order valence-corrected chi connectivity index (χ0v) is 10.2. The second-order valence-corrected chi connectivity index (χ2v) is 5.04. The molecule has 3 nitrogen and oxygen atoms in total. The molecule has 2 aromatic rings. The van der Waals surface area contributed by atoms with Crippen molar-refractivity contribution in [1.29, 1.82) is 0 Å². The number of hydrogen-bond donors (Lipinski definition) is 1. The lowest BCUT2D eigenvalue weighted by molar-refractivity contribution is 0.422. The molecule has 1 unspecified atom stereocenters. The van der Waals surface area contributed by atoms with Crippen LogP contribution in [0.1, 0.15) is 19.5 Å². The van der Waals surface area contributed by atoms with Crippen molar-refractivity contribution >= 4 is 16.3 Å². The third-order valence-electron chi connectivity index (χ3n) is 2.75. The SMILES string of the molecule is CNC(Cc1cn2ccsc2n1)C(C)C. The van der Waals surface area contributed by atoms with Gasteiger partial charge in [-0.1, -0.05) is 13.8 Å². The van der Waals surface area contributed by atoms with Crippen LogP contribution in [0.2, 0.25) is 0 Å². The van der Waals surface area contributed by atoms with Crippen LogP contribution in [0.25, 0.3) is 4.96 Å². The first kappa shape index (κ1) is 10.6. The Kier molecular flexibility index (Phi) is 3.07. The first-order valence-electron chi connectivity index (χ1n) is 5.29. The first-order valence-corrected chi connectivity index (χ1v) is 6.17. The normalized spacial score (nSPS) is 13.9. The molecule has 0 spiro atoms. The van der Waals surface area contributed by atoms with Crippen LogP contribution < -0.4 is 5.32 Å². The topological polar surface area (TPSA) is 29.3 Å². The number of hydrogen-bond acceptors (Lipinski definition) is 3. The molecule has 0 radical (unpaired) electrons. The smallest absolute Gasteiger partial charge is 0.193 e. The number of nitrogens with one attached hydrogen (secondary N) is 1. The van der Waals surface area contributed by atoms with E-state index in [1.54, 1.807) is 11.3 Å². The highest BCUT2D eigenvalue weighted by molar-refractivity contribution is 7.15. The molecular weight excluding hydrogens is 206 g/mol. The van der Waals surface area contributed by atoms with Crippen LogP contribution >= 0.6 is 11.3 Å². The largest absolute Gasteiger partial charge is 0.316 e. The molecule has 0 aromatic carbocycles. The summed E-state index contributed by atoms with van der Waals surface area (Å²) in [6.45, 7) is 4.47. The number of imidazole rings is 1. The Morgan fingerprint density at radius 3 is 2.93 bits per heavy atom. The molecule has 2 heterocycles. The van der Waals surface area contributed by atoms with Crippen LogP contribution in [0, 0.1) is 5.92 Å². The second-order valence-electron chi connectivity index (χ2n) is 4.17. The van der Waals surface area contributed by atoms with Gasteiger partial charge in [0.05, 0.1) is 5.69 Å². The van der Waals surface area contributed by atoms with Gasteiger partial charge >= 0.3 is 0 Å². The summed E-state index contributed by atoms with van der Waals surface area (Å²) in [6, 6.07) is 0.509. The van der Waals surface area contributed by atoms with Crippen molar-refractivity contribution in [2.24, 2.45) is 5.92 Å². The molecule has 82 valence electrons. The first-order chi connectivity index (χ1) is 7.20. The van der Waals surface area contributed by atoms with E-state index < -0.39 is 0 Å². The van der Waals surface area contributed by atoms with Gasteiger partial charge < -0.3 is 5.32 Å². The van der Waals surface area contributed by atoms with Gasteiger partial charge in [-0.15, -0.1) is 11.3 Å². The molecule has 0 amide bonds. The zero-order valence-electron chi connectivity index (χ0n) is 9.40. The van der Waals surface area contributed by atoms with E-state index in [1.807, 2.05) is 7.05 Å². The van der Waals surface area contributed by atoms with Crippen molar-refractivity contribution in [1.82, 2.24) is 14.7 Å². The van der Waals surface area contributed by atoms with Gasteiger partial charge in [0.2, 0.25) is 0 Å². The molecule has 0 fully saturated rings. The van der Waals surface area contributed by atoms with Gasteiger partial charge in [0.1, 0.15) is 0 Å². The fraction of sp³-hybridized carbons (Fsp3) is 0.545. The van der Waals surface area contributed by atoms with Crippen molar-refractivity contribution in [3.8, 4) is 0 Å². The number of thiazole rings is 1. The maximum Gasteiger partial charge on any atom is 0.193 e. The van der Waals surface area contributed by atoms with E-state index in [0.717, 1.165) is 11.4 Å². The molecule has 2 aromatic heterocycles. The summed E-state index contributed by atoms with van der Waals surface area (Å²) in [5.41, 5.74) is 1.18. The van der Waals surface area contributed by atoms with Crippen LogP contribution in [0.15, 0.2) is 17.8 Å². The Labute approximate surface area is 94.1 Å². The number of fused-ring (bicyclic) bond motifs is 1. The third kappa shape index (κ3) is 2.21. The Balaban J connectivity index is 2.14. The highest BCUT2D eigenvalue weighted by Gasteiger charge is 2.13. The molecule has 1 N–H and O–H groups in total. The molecule has 0 aliphatic rings. The highest BCUT2D eigenvalue weighted by atomic mass is 32.1. The van der Waals surface area contributed by atoms with E-state index in [4.69, 9.17) is 0 Å². The summed E-state index contributed by atoms with van der Waals surface area (Å²) < 4.78 is 2.09. The predicted molar refractivity (Wildman–Crippen MR) is 64.5 cm³/mol. The summed E-state index contributed by atoms with van der Waals surface area (Å²) in [7, 11) is 2.02.